The number of benzene rings is 6. The summed E-state index contributed by atoms with van der Waals surface area (Å²) in [6, 6.07) is 57.7. The van der Waals surface area contributed by atoms with E-state index in [9.17, 15) is 19.2 Å². The maximum atomic E-state index is 13.8. The zero-order chi connectivity index (χ0) is 61.6. The Morgan fingerprint density at radius 1 is 0.341 bits per heavy atom. The average molecular weight is 1210 g/mol. The van der Waals surface area contributed by atoms with E-state index in [0.29, 0.717) is 0 Å². The molecule has 3 aliphatic heterocycles. The Labute approximate surface area is 512 Å². The maximum Gasteiger partial charge on any atom is 0.339 e. The fraction of sp³-hybridized carbons (Fsp3) is 0.412. The quantitative estimate of drug-likeness (QED) is 0.0319. The summed E-state index contributed by atoms with van der Waals surface area (Å²) in [5.41, 5.74) is 5.17. The van der Waals surface area contributed by atoms with E-state index in [-0.39, 0.29) is 52.9 Å². The van der Waals surface area contributed by atoms with Crippen LogP contribution in [0.25, 0.3) is 0 Å². The highest BCUT2D eigenvalue weighted by Gasteiger charge is 2.60. The molecule has 88 heavy (non-hydrogen) atoms. The van der Waals surface area contributed by atoms with E-state index < -0.39 is 116 Å². The summed E-state index contributed by atoms with van der Waals surface area (Å²) < 4.78 is 105. The van der Waals surface area contributed by atoms with Gasteiger partial charge in [-0.3, -0.25) is 14.4 Å². The smallest absolute Gasteiger partial charge is 0.339 e. The number of carbonyl (C=O) groups is 4. The van der Waals surface area contributed by atoms with Gasteiger partial charge in [-0.05, 0) is 33.4 Å². The molecule has 6 aromatic carbocycles. The molecule has 15 atom stereocenters. The van der Waals surface area contributed by atoms with Crippen molar-refractivity contribution in [2.24, 2.45) is 0 Å². The van der Waals surface area contributed by atoms with Gasteiger partial charge in [0.25, 0.3) is 0 Å². The highest BCUT2D eigenvalue weighted by atomic mass is 16.8. The number of rotatable bonds is 29. The lowest BCUT2D eigenvalue weighted by Gasteiger charge is -2.51. The molecule has 20 nitrogen and oxygen atoms in total. The van der Waals surface area contributed by atoms with Gasteiger partial charge in [-0.25, -0.2) is 4.79 Å². The summed E-state index contributed by atoms with van der Waals surface area (Å²) in [6.07, 6.45) is -20.7. The lowest BCUT2D eigenvalue weighted by Crippen LogP contribution is -2.69. The Hall–Kier alpha value is -7.28. The fourth-order valence-electron chi connectivity index (χ4n) is 10.7. The van der Waals surface area contributed by atoms with Gasteiger partial charge in [0.05, 0.1) is 60.0 Å². The number of methoxy groups -OCH3 is 2. The van der Waals surface area contributed by atoms with E-state index in [1.54, 1.807) is 0 Å². The van der Waals surface area contributed by atoms with Crippen LogP contribution in [0.4, 0.5) is 0 Å². The van der Waals surface area contributed by atoms with Gasteiger partial charge >= 0.3 is 23.9 Å². The van der Waals surface area contributed by atoms with Crippen molar-refractivity contribution in [1.82, 2.24) is 0 Å². The SMILES string of the molecule is COC(=O)C1OC(OC2C(OC)OC(COCc3ccccc3)C(OCc3ccccc3)C2OC2OC(COCc3ccccc3)C(OCc3ccccc3)C(OCc3ccccc3)C2OCc2ccccc2)C(OC(C)=O)C(OC(C)=O)C1OC(C)=O. The number of hydrogen-bond acceptors (Lipinski definition) is 20. The van der Waals surface area contributed by atoms with Crippen molar-refractivity contribution >= 4 is 23.9 Å². The minimum atomic E-state index is -1.86. The molecule has 0 bridgehead atoms. The topological polar surface area (TPSA) is 216 Å². The number of carbonyl (C=O) groups excluding carboxylic acids is 4. The predicted molar refractivity (Wildman–Crippen MR) is 314 cm³/mol. The highest BCUT2D eigenvalue weighted by Crippen LogP contribution is 2.39. The highest BCUT2D eigenvalue weighted by molar-refractivity contribution is 5.77. The van der Waals surface area contributed by atoms with Crippen LogP contribution in [0.15, 0.2) is 182 Å². The second-order valence-corrected chi connectivity index (χ2v) is 21.2. The first-order chi connectivity index (χ1) is 42.9. The average Bonchev–Trinajstić information content (AvgIpc) is 2.97. The Morgan fingerprint density at radius 3 is 1.07 bits per heavy atom. The molecule has 0 N–H and O–H groups in total. The molecule has 15 unspecified atom stereocenters. The van der Waals surface area contributed by atoms with Crippen LogP contribution in [0.3, 0.4) is 0 Å². The third-order valence-electron chi connectivity index (χ3n) is 14.8. The van der Waals surface area contributed by atoms with Crippen molar-refractivity contribution in [3.63, 3.8) is 0 Å². The molecular formula is C68H76O20. The Bertz CT molecular complexity index is 3040. The van der Waals surface area contributed by atoms with Crippen molar-refractivity contribution in [3.05, 3.63) is 215 Å². The van der Waals surface area contributed by atoms with Gasteiger partial charge < -0.3 is 75.8 Å². The van der Waals surface area contributed by atoms with E-state index in [1.165, 1.54) is 7.11 Å². The van der Waals surface area contributed by atoms with Gasteiger partial charge in [0.15, 0.2) is 37.0 Å². The van der Waals surface area contributed by atoms with Crippen LogP contribution in [0.1, 0.15) is 54.2 Å². The van der Waals surface area contributed by atoms with Gasteiger partial charge in [0.1, 0.15) is 48.8 Å². The standard InChI is InChI=1S/C68H76O20/c1-44(69)81-59-60(82-45(2)70)64(83-46(3)71)68(87-61(59)65(72)73-4)88-63-58(56(78-39-50-30-18-9-19-31-50)54(84-66(63)74-5)43-76-37-48-26-14-7-15-27-48)86-67-62(80-41-52-34-22-11-23-35-52)57(79-40-51-32-20-10-21-33-51)55(77-38-49-28-16-8-17-29-49)53(85-67)42-75-36-47-24-12-6-13-25-47/h6-35,53-64,66-68H,36-43H2,1-5H3. The summed E-state index contributed by atoms with van der Waals surface area (Å²) in [5, 5.41) is 0. The summed E-state index contributed by atoms with van der Waals surface area (Å²) in [6.45, 7) is 3.89. The number of ether oxygens (including phenoxy) is 16. The molecule has 3 saturated heterocycles. The first-order valence-corrected chi connectivity index (χ1v) is 29.2. The summed E-state index contributed by atoms with van der Waals surface area (Å²) >= 11 is 0. The van der Waals surface area contributed by atoms with Gasteiger partial charge in [0.2, 0.25) is 6.29 Å². The second-order valence-electron chi connectivity index (χ2n) is 21.2. The Balaban J connectivity index is 1.19. The van der Waals surface area contributed by atoms with Gasteiger partial charge in [-0.1, -0.05) is 182 Å². The van der Waals surface area contributed by atoms with Gasteiger partial charge in [-0.15, -0.1) is 0 Å². The molecular weight excluding hydrogens is 1140 g/mol. The van der Waals surface area contributed by atoms with Crippen LogP contribution in [-0.4, -0.2) is 143 Å². The Kier molecular flexibility index (Phi) is 24.7. The number of esters is 4. The largest absolute Gasteiger partial charge is 0.467 e. The molecule has 468 valence electrons. The molecule has 20 heteroatoms. The maximum absolute atomic E-state index is 13.8. The molecule has 0 aromatic heterocycles. The monoisotopic (exact) mass is 1210 g/mol. The summed E-state index contributed by atoms with van der Waals surface area (Å²) in [7, 11) is 2.48. The van der Waals surface area contributed by atoms with Crippen molar-refractivity contribution < 1.29 is 95.0 Å². The lowest BCUT2D eigenvalue weighted by molar-refractivity contribution is -0.396. The first kappa shape index (κ1) is 65.2. The predicted octanol–water partition coefficient (Wildman–Crippen LogP) is 8.32. The van der Waals surface area contributed by atoms with E-state index in [0.717, 1.165) is 61.3 Å². The molecule has 0 aliphatic carbocycles. The minimum absolute atomic E-state index is 0.000903. The molecule has 3 aliphatic rings. The molecule has 9 rings (SSSR count). The van der Waals surface area contributed by atoms with Crippen molar-refractivity contribution in [2.45, 2.75) is 153 Å². The molecule has 3 fully saturated rings. The molecule has 3 heterocycles. The number of hydrogen-bond donors (Lipinski definition) is 0. The van der Waals surface area contributed by atoms with Crippen LogP contribution in [0.5, 0.6) is 0 Å². The zero-order valence-corrected chi connectivity index (χ0v) is 49.8. The normalized spacial score (nSPS) is 26.9. The molecule has 6 aromatic rings. The Morgan fingerprint density at radius 2 is 0.670 bits per heavy atom. The van der Waals surface area contributed by atoms with Crippen LogP contribution >= 0.6 is 0 Å². The van der Waals surface area contributed by atoms with Gasteiger partial charge in [-0.2, -0.15) is 0 Å². The molecule has 0 amide bonds. The van der Waals surface area contributed by atoms with Crippen LogP contribution in [0, 0.1) is 0 Å². The fourth-order valence-corrected chi connectivity index (χ4v) is 10.7. The third-order valence-corrected chi connectivity index (χ3v) is 14.8. The van der Waals surface area contributed by atoms with Gasteiger partial charge in [0, 0.05) is 27.9 Å². The van der Waals surface area contributed by atoms with Crippen molar-refractivity contribution in [2.75, 3.05) is 27.4 Å². The van der Waals surface area contributed by atoms with Crippen LogP contribution in [0.2, 0.25) is 0 Å². The first-order valence-electron chi connectivity index (χ1n) is 29.2. The summed E-state index contributed by atoms with van der Waals surface area (Å²) in [4.78, 5) is 52.8. The van der Waals surface area contributed by atoms with Crippen LogP contribution < -0.4 is 0 Å². The molecule has 0 spiro atoms. The summed E-state index contributed by atoms with van der Waals surface area (Å²) in [5.74, 6) is -3.70. The van der Waals surface area contributed by atoms with E-state index in [2.05, 4.69) is 0 Å². The molecule has 0 radical (unpaired) electrons. The molecule has 0 saturated carbocycles. The van der Waals surface area contributed by atoms with E-state index in [4.69, 9.17) is 75.8 Å². The van der Waals surface area contributed by atoms with Crippen molar-refractivity contribution in [3.8, 4) is 0 Å². The lowest BCUT2D eigenvalue weighted by atomic mass is 9.95. The van der Waals surface area contributed by atoms with E-state index >= 15 is 0 Å². The second kappa shape index (κ2) is 33.3. The minimum Gasteiger partial charge on any atom is -0.467 e. The van der Waals surface area contributed by atoms with Crippen molar-refractivity contribution in [1.29, 1.82) is 0 Å². The zero-order valence-electron chi connectivity index (χ0n) is 49.8. The van der Waals surface area contributed by atoms with Crippen LogP contribution in [-0.2, 0) is 135 Å². The van der Waals surface area contributed by atoms with E-state index in [1.807, 2.05) is 182 Å². The third kappa shape index (κ3) is 18.4.